The molecule has 0 saturated heterocycles. The minimum absolute atomic E-state index is 0.221. The van der Waals surface area contributed by atoms with Gasteiger partial charge in [0.1, 0.15) is 0 Å². The molecule has 3 N–H and O–H groups in total. The van der Waals surface area contributed by atoms with E-state index in [2.05, 4.69) is 31.2 Å². The number of Topliss-reactive ketones (excluding diaryl/α,β-unsaturated/α-hetero) is 2. The molecule has 2 aromatic heterocycles. The molecular formula is C24H27BrCl2N4O2. The number of nitrogens with one attached hydrogen (secondary N) is 1. The first-order valence-electron chi connectivity index (χ1n) is 10.5. The van der Waals surface area contributed by atoms with Gasteiger partial charge in [0.15, 0.2) is 11.6 Å². The van der Waals surface area contributed by atoms with Crippen LogP contribution in [-0.2, 0) is 9.59 Å². The first-order valence-corrected chi connectivity index (χ1v) is 12.1. The zero-order valence-corrected chi connectivity index (χ0v) is 21.7. The molecule has 0 aromatic carbocycles. The minimum Gasteiger partial charge on any atom is -0.402 e. The third kappa shape index (κ3) is 8.57. The van der Waals surface area contributed by atoms with Gasteiger partial charge in [0.05, 0.1) is 15.7 Å². The summed E-state index contributed by atoms with van der Waals surface area (Å²) >= 11 is 14.8. The highest BCUT2D eigenvalue weighted by Crippen LogP contribution is 2.27. The van der Waals surface area contributed by atoms with Gasteiger partial charge in [-0.2, -0.15) is 0 Å². The molecule has 0 aliphatic heterocycles. The van der Waals surface area contributed by atoms with Gasteiger partial charge in [-0.3, -0.25) is 19.6 Å². The van der Waals surface area contributed by atoms with Crippen LogP contribution in [0, 0.1) is 0 Å². The molecule has 2 aliphatic rings. The summed E-state index contributed by atoms with van der Waals surface area (Å²) in [6, 6.07) is 3.60. The fourth-order valence-electron chi connectivity index (χ4n) is 3.12. The molecule has 0 bridgehead atoms. The van der Waals surface area contributed by atoms with Crippen molar-refractivity contribution in [2.45, 2.75) is 52.4 Å². The maximum absolute atomic E-state index is 11.5. The molecule has 0 spiro atoms. The van der Waals surface area contributed by atoms with E-state index < -0.39 is 0 Å². The zero-order chi connectivity index (χ0) is 24.4. The second-order valence-electron chi connectivity index (χ2n) is 7.58. The van der Waals surface area contributed by atoms with Crippen LogP contribution in [0.2, 0.25) is 10.0 Å². The number of pyridine rings is 2. The summed E-state index contributed by atoms with van der Waals surface area (Å²) in [7, 11) is 0. The van der Waals surface area contributed by atoms with E-state index in [1.807, 2.05) is 13.0 Å². The van der Waals surface area contributed by atoms with Crippen molar-refractivity contribution in [3.63, 3.8) is 0 Å². The fourth-order valence-corrected chi connectivity index (χ4v) is 3.62. The molecule has 0 amide bonds. The molecule has 9 heteroatoms. The van der Waals surface area contributed by atoms with E-state index in [0.29, 0.717) is 22.9 Å². The monoisotopic (exact) mass is 552 g/mol. The average Bonchev–Trinajstić information content (AvgIpc) is 2.79. The summed E-state index contributed by atoms with van der Waals surface area (Å²) in [4.78, 5) is 30.1. The van der Waals surface area contributed by atoms with Crippen LogP contribution in [0.3, 0.4) is 0 Å². The number of ketones is 2. The molecule has 0 fully saturated rings. The molecule has 2 aromatic rings. The molecule has 0 saturated carbocycles. The van der Waals surface area contributed by atoms with Crippen molar-refractivity contribution < 1.29 is 9.59 Å². The van der Waals surface area contributed by atoms with Crippen LogP contribution >= 0.6 is 39.1 Å². The normalized spacial score (nSPS) is 15.9. The van der Waals surface area contributed by atoms with Crippen molar-refractivity contribution >= 4 is 56.4 Å². The summed E-state index contributed by atoms with van der Waals surface area (Å²) in [6.45, 7) is 3.66. The first kappa shape index (κ1) is 27.0. The predicted octanol–water partition coefficient (Wildman–Crippen LogP) is 6.64. The highest BCUT2D eigenvalue weighted by Gasteiger charge is 2.17. The molecule has 6 nitrogen and oxygen atoms in total. The molecule has 0 atom stereocenters. The number of aromatic nitrogens is 2. The van der Waals surface area contributed by atoms with Crippen LogP contribution in [0.4, 0.5) is 5.69 Å². The van der Waals surface area contributed by atoms with E-state index in [-0.39, 0.29) is 11.6 Å². The van der Waals surface area contributed by atoms with Gasteiger partial charge in [-0.1, -0.05) is 23.2 Å². The lowest BCUT2D eigenvalue weighted by Gasteiger charge is -2.19. The van der Waals surface area contributed by atoms with Gasteiger partial charge >= 0.3 is 0 Å². The number of hydrogen-bond donors (Lipinski definition) is 2. The molecule has 4 rings (SSSR count). The van der Waals surface area contributed by atoms with E-state index >= 15 is 0 Å². The Morgan fingerprint density at radius 2 is 1.45 bits per heavy atom. The van der Waals surface area contributed by atoms with E-state index in [1.54, 1.807) is 37.8 Å². The van der Waals surface area contributed by atoms with Gasteiger partial charge in [0.2, 0.25) is 0 Å². The van der Waals surface area contributed by atoms with Crippen LogP contribution in [0.5, 0.6) is 0 Å². The number of nitrogens with two attached hydrogens (primary N) is 1. The van der Waals surface area contributed by atoms with Crippen LogP contribution in [-0.4, -0.2) is 21.5 Å². The third-order valence-corrected chi connectivity index (χ3v) is 6.75. The maximum Gasteiger partial charge on any atom is 0.160 e. The molecular weight excluding hydrogens is 527 g/mol. The highest BCUT2D eigenvalue weighted by molar-refractivity contribution is 9.10. The predicted molar refractivity (Wildman–Crippen MR) is 137 cm³/mol. The summed E-state index contributed by atoms with van der Waals surface area (Å²) in [5.74, 6) is 0.442. The summed E-state index contributed by atoms with van der Waals surface area (Å²) in [5.41, 5.74) is 9.69. The lowest BCUT2D eigenvalue weighted by molar-refractivity contribution is -0.116. The second kappa shape index (κ2) is 13.5. The van der Waals surface area contributed by atoms with Crippen molar-refractivity contribution in [1.29, 1.82) is 0 Å². The minimum atomic E-state index is 0.221. The largest absolute Gasteiger partial charge is 0.402 e. The van der Waals surface area contributed by atoms with Gasteiger partial charge in [0.25, 0.3) is 0 Å². The Kier molecular flexibility index (Phi) is 11.0. The standard InChI is InChI=1S/C12H13ClN2O.C7H11NO.C5H3BrClN/c1-8-10(3-2-4-12(8)16)15-11-5-6-14-7-9(11)13;1-5-6(8)3-2-4-7(5)9;6-4-1-2-8-3-5(4)7/h5-7H,2-4H2,1H3,(H,14,15);2-4,8H2,1H3;1-3H. The topological polar surface area (TPSA) is 98.0 Å². The fraction of sp³-hybridized carbons (Fsp3) is 0.333. The van der Waals surface area contributed by atoms with Gasteiger partial charge in [-0.25, -0.2) is 0 Å². The lowest BCUT2D eigenvalue weighted by Crippen LogP contribution is -2.14. The van der Waals surface area contributed by atoms with Crippen LogP contribution in [0.25, 0.3) is 0 Å². The summed E-state index contributed by atoms with van der Waals surface area (Å²) < 4.78 is 0.883. The number of carbonyl (C=O) groups is 2. The molecule has 0 radical (unpaired) electrons. The Labute approximate surface area is 212 Å². The van der Waals surface area contributed by atoms with Crippen LogP contribution < -0.4 is 11.1 Å². The lowest BCUT2D eigenvalue weighted by atomic mass is 9.96. The van der Waals surface area contributed by atoms with E-state index in [4.69, 9.17) is 28.9 Å². The number of hydrogen-bond acceptors (Lipinski definition) is 6. The van der Waals surface area contributed by atoms with Crippen molar-refractivity contribution in [1.82, 2.24) is 9.97 Å². The Balaban J connectivity index is 0.000000192. The van der Waals surface area contributed by atoms with Gasteiger partial charge in [-0.05, 0) is 67.6 Å². The van der Waals surface area contributed by atoms with Crippen molar-refractivity contribution in [2.75, 3.05) is 5.32 Å². The number of anilines is 1. The molecule has 33 heavy (non-hydrogen) atoms. The van der Waals surface area contributed by atoms with Gasteiger partial charge < -0.3 is 11.1 Å². The number of carbonyl (C=O) groups excluding carboxylic acids is 2. The van der Waals surface area contributed by atoms with Crippen molar-refractivity contribution in [3.8, 4) is 0 Å². The van der Waals surface area contributed by atoms with Crippen molar-refractivity contribution in [3.05, 3.63) is 74.0 Å². The van der Waals surface area contributed by atoms with E-state index in [0.717, 1.165) is 58.4 Å². The molecule has 2 heterocycles. The van der Waals surface area contributed by atoms with Crippen LogP contribution in [0.15, 0.2) is 63.9 Å². The molecule has 0 unspecified atom stereocenters. The van der Waals surface area contributed by atoms with Gasteiger partial charge in [0, 0.05) is 64.6 Å². The number of rotatable bonds is 2. The first-order chi connectivity index (χ1) is 15.7. The number of halogens is 3. The van der Waals surface area contributed by atoms with E-state index in [1.165, 1.54) is 0 Å². The Hall–Kier alpha value is -2.22. The third-order valence-electron chi connectivity index (χ3n) is 5.23. The SMILES string of the molecule is CC1=C(N)CCCC1=O.CC1=C(Nc2ccncc2Cl)CCCC1=O.Clc1cnccc1Br. The zero-order valence-electron chi connectivity index (χ0n) is 18.6. The van der Waals surface area contributed by atoms with Gasteiger partial charge in [-0.15, -0.1) is 0 Å². The molecule has 2 aliphatic carbocycles. The number of nitrogens with zero attached hydrogens (tertiary/aromatic N) is 2. The smallest absolute Gasteiger partial charge is 0.160 e. The maximum atomic E-state index is 11.5. The summed E-state index contributed by atoms with van der Waals surface area (Å²) in [5, 5.41) is 4.43. The Bertz CT molecular complexity index is 1050. The van der Waals surface area contributed by atoms with Crippen molar-refractivity contribution in [2.24, 2.45) is 5.73 Å². The van der Waals surface area contributed by atoms with E-state index in [9.17, 15) is 9.59 Å². The Morgan fingerprint density at radius 1 is 0.879 bits per heavy atom. The second-order valence-corrected chi connectivity index (χ2v) is 9.25. The average molecular weight is 554 g/mol. The summed E-state index contributed by atoms with van der Waals surface area (Å²) in [6.07, 6.45) is 11.5. The van der Waals surface area contributed by atoms with Crippen LogP contribution in [0.1, 0.15) is 52.4 Å². The highest BCUT2D eigenvalue weighted by atomic mass is 79.9. The quantitative estimate of drug-likeness (QED) is 0.432. The Morgan fingerprint density at radius 3 is 1.97 bits per heavy atom. The molecule has 176 valence electrons. The number of allylic oxidation sites excluding steroid dienone is 4.